The van der Waals surface area contributed by atoms with Crippen LogP contribution in [0.2, 0.25) is 0 Å². The number of ether oxygens (including phenoxy) is 1. The SMILES string of the molecule is C=CCN(CC(=O)OCC)C(C)C(=O)NCCCCC. The van der Waals surface area contributed by atoms with Crippen molar-refractivity contribution in [3.05, 3.63) is 12.7 Å². The molecule has 0 aromatic heterocycles. The number of esters is 1. The second-order valence-corrected chi connectivity index (χ2v) is 4.70. The van der Waals surface area contributed by atoms with Crippen LogP contribution in [0.3, 0.4) is 0 Å². The van der Waals surface area contributed by atoms with E-state index >= 15 is 0 Å². The van der Waals surface area contributed by atoms with Crippen molar-refractivity contribution in [3.63, 3.8) is 0 Å². The molecule has 0 saturated carbocycles. The van der Waals surface area contributed by atoms with Gasteiger partial charge in [0.2, 0.25) is 5.91 Å². The van der Waals surface area contributed by atoms with Crippen molar-refractivity contribution < 1.29 is 14.3 Å². The molecule has 5 heteroatoms. The molecule has 1 atom stereocenters. The highest BCUT2D eigenvalue weighted by atomic mass is 16.5. The van der Waals surface area contributed by atoms with Crippen molar-refractivity contribution in [1.29, 1.82) is 0 Å². The van der Waals surface area contributed by atoms with Gasteiger partial charge >= 0.3 is 5.97 Å². The lowest BCUT2D eigenvalue weighted by Gasteiger charge is -2.26. The second-order valence-electron chi connectivity index (χ2n) is 4.70. The minimum absolute atomic E-state index is 0.0627. The van der Waals surface area contributed by atoms with Gasteiger partial charge in [-0.1, -0.05) is 25.8 Å². The van der Waals surface area contributed by atoms with Crippen LogP contribution in [-0.4, -0.2) is 49.1 Å². The molecule has 0 spiro atoms. The molecule has 116 valence electrons. The quantitative estimate of drug-likeness (QED) is 0.357. The molecule has 5 nitrogen and oxygen atoms in total. The summed E-state index contributed by atoms with van der Waals surface area (Å²) in [7, 11) is 0. The van der Waals surface area contributed by atoms with Crippen molar-refractivity contribution >= 4 is 11.9 Å². The fraction of sp³-hybridized carbons (Fsp3) is 0.733. The Labute approximate surface area is 122 Å². The molecular weight excluding hydrogens is 256 g/mol. The van der Waals surface area contributed by atoms with Crippen LogP contribution in [0.15, 0.2) is 12.7 Å². The van der Waals surface area contributed by atoms with Gasteiger partial charge in [-0.15, -0.1) is 6.58 Å². The van der Waals surface area contributed by atoms with Gasteiger partial charge in [0.15, 0.2) is 0 Å². The molecule has 0 aliphatic rings. The molecule has 20 heavy (non-hydrogen) atoms. The van der Waals surface area contributed by atoms with E-state index in [0.29, 0.717) is 19.7 Å². The summed E-state index contributed by atoms with van der Waals surface area (Å²) < 4.78 is 4.92. The molecule has 0 aliphatic heterocycles. The number of carbonyl (C=O) groups is 2. The van der Waals surface area contributed by atoms with Gasteiger partial charge in [-0.2, -0.15) is 0 Å². The first kappa shape index (κ1) is 18.6. The largest absolute Gasteiger partial charge is 0.465 e. The van der Waals surface area contributed by atoms with Gasteiger partial charge in [0, 0.05) is 13.1 Å². The number of hydrogen-bond acceptors (Lipinski definition) is 4. The lowest BCUT2D eigenvalue weighted by atomic mass is 10.2. The average molecular weight is 284 g/mol. The van der Waals surface area contributed by atoms with Crippen LogP contribution in [0.4, 0.5) is 0 Å². The van der Waals surface area contributed by atoms with Crippen LogP contribution in [-0.2, 0) is 14.3 Å². The maximum atomic E-state index is 12.0. The number of nitrogens with zero attached hydrogens (tertiary/aromatic N) is 1. The number of hydrogen-bond donors (Lipinski definition) is 1. The Morgan fingerprint density at radius 3 is 2.60 bits per heavy atom. The van der Waals surface area contributed by atoms with E-state index in [4.69, 9.17) is 4.74 Å². The third-order valence-electron chi connectivity index (χ3n) is 3.01. The second kappa shape index (κ2) is 11.5. The van der Waals surface area contributed by atoms with Crippen molar-refractivity contribution in [2.45, 2.75) is 46.1 Å². The minimum Gasteiger partial charge on any atom is -0.465 e. The molecule has 0 saturated heterocycles. The molecule has 0 heterocycles. The number of nitrogens with one attached hydrogen (secondary N) is 1. The normalized spacial score (nSPS) is 12.0. The van der Waals surface area contributed by atoms with Crippen molar-refractivity contribution in [3.8, 4) is 0 Å². The van der Waals surface area contributed by atoms with Crippen molar-refractivity contribution in [2.24, 2.45) is 0 Å². The van der Waals surface area contributed by atoms with Gasteiger partial charge in [-0.05, 0) is 20.3 Å². The highest BCUT2D eigenvalue weighted by molar-refractivity contribution is 5.82. The molecular formula is C15H28N2O3. The van der Waals surface area contributed by atoms with E-state index in [-0.39, 0.29) is 24.5 Å². The Morgan fingerprint density at radius 2 is 2.05 bits per heavy atom. The first-order chi connectivity index (χ1) is 9.56. The molecule has 0 rings (SSSR count). The highest BCUT2D eigenvalue weighted by Crippen LogP contribution is 2.01. The van der Waals surface area contributed by atoms with Crippen LogP contribution in [0.1, 0.15) is 40.0 Å². The first-order valence-corrected chi connectivity index (χ1v) is 7.35. The summed E-state index contributed by atoms with van der Waals surface area (Å²) in [6.45, 7) is 10.9. The van der Waals surface area contributed by atoms with Crippen molar-refractivity contribution in [2.75, 3.05) is 26.2 Å². The number of unbranched alkanes of at least 4 members (excludes halogenated alkanes) is 2. The van der Waals surface area contributed by atoms with E-state index in [1.54, 1.807) is 24.8 Å². The van der Waals surface area contributed by atoms with Gasteiger partial charge in [0.1, 0.15) is 0 Å². The lowest BCUT2D eigenvalue weighted by molar-refractivity contribution is -0.145. The summed E-state index contributed by atoms with van der Waals surface area (Å²) in [6.07, 6.45) is 4.89. The maximum absolute atomic E-state index is 12.0. The zero-order valence-electron chi connectivity index (χ0n) is 13.0. The predicted octanol–water partition coefficient (Wildman–Crippen LogP) is 1.73. The minimum atomic E-state index is -0.376. The third kappa shape index (κ3) is 7.94. The van der Waals surface area contributed by atoms with E-state index in [2.05, 4.69) is 18.8 Å². The lowest BCUT2D eigenvalue weighted by Crippen LogP contribution is -2.47. The van der Waals surface area contributed by atoms with Crippen LogP contribution in [0.5, 0.6) is 0 Å². The maximum Gasteiger partial charge on any atom is 0.320 e. The van der Waals surface area contributed by atoms with E-state index in [9.17, 15) is 9.59 Å². The Balaban J connectivity index is 4.31. The van der Waals surface area contributed by atoms with Crippen molar-refractivity contribution in [1.82, 2.24) is 10.2 Å². The first-order valence-electron chi connectivity index (χ1n) is 7.35. The Bertz CT molecular complexity index is 305. The average Bonchev–Trinajstić information content (AvgIpc) is 2.42. The van der Waals surface area contributed by atoms with Gasteiger partial charge in [0.05, 0.1) is 19.2 Å². The monoisotopic (exact) mass is 284 g/mol. The molecule has 0 aliphatic carbocycles. The summed E-state index contributed by atoms with van der Waals surface area (Å²) in [4.78, 5) is 25.3. The van der Waals surface area contributed by atoms with Crippen LogP contribution < -0.4 is 5.32 Å². The zero-order chi connectivity index (χ0) is 15.4. The van der Waals surface area contributed by atoms with E-state index in [0.717, 1.165) is 19.3 Å². The van der Waals surface area contributed by atoms with Crippen LogP contribution >= 0.6 is 0 Å². The number of amides is 1. The van der Waals surface area contributed by atoms with E-state index in [1.165, 1.54) is 0 Å². The predicted molar refractivity (Wildman–Crippen MR) is 80.4 cm³/mol. The highest BCUT2D eigenvalue weighted by Gasteiger charge is 2.22. The van der Waals surface area contributed by atoms with Crippen LogP contribution in [0.25, 0.3) is 0 Å². The topological polar surface area (TPSA) is 58.6 Å². The Kier molecular flexibility index (Phi) is 10.7. The zero-order valence-corrected chi connectivity index (χ0v) is 13.0. The smallest absolute Gasteiger partial charge is 0.320 e. The summed E-state index contributed by atoms with van der Waals surface area (Å²) in [5, 5.41) is 2.89. The Morgan fingerprint density at radius 1 is 1.35 bits per heavy atom. The molecule has 0 aromatic carbocycles. The molecule has 0 aromatic rings. The molecule has 1 amide bonds. The van der Waals surface area contributed by atoms with Gasteiger partial charge in [-0.3, -0.25) is 14.5 Å². The molecule has 0 radical (unpaired) electrons. The number of rotatable bonds is 11. The fourth-order valence-electron chi connectivity index (χ4n) is 1.80. The Hall–Kier alpha value is -1.36. The summed E-state index contributed by atoms with van der Waals surface area (Å²) in [5.74, 6) is -0.382. The van der Waals surface area contributed by atoms with E-state index in [1.807, 2.05) is 0 Å². The summed E-state index contributed by atoms with van der Waals surface area (Å²) in [6, 6.07) is -0.376. The molecule has 0 fully saturated rings. The fourth-order valence-corrected chi connectivity index (χ4v) is 1.80. The van der Waals surface area contributed by atoms with Gasteiger partial charge in [-0.25, -0.2) is 0 Å². The third-order valence-corrected chi connectivity index (χ3v) is 3.01. The summed E-state index contributed by atoms with van der Waals surface area (Å²) in [5.41, 5.74) is 0. The summed E-state index contributed by atoms with van der Waals surface area (Å²) >= 11 is 0. The molecule has 0 bridgehead atoms. The van der Waals surface area contributed by atoms with Crippen LogP contribution in [0, 0.1) is 0 Å². The molecule has 1 unspecified atom stereocenters. The van der Waals surface area contributed by atoms with E-state index < -0.39 is 0 Å². The standard InChI is InChI=1S/C15H28N2O3/c1-5-8-9-10-16-15(19)13(4)17(11-6-2)12-14(18)20-7-3/h6,13H,2,5,7-12H2,1,3-4H3,(H,16,19). The van der Waals surface area contributed by atoms with Gasteiger partial charge in [0.25, 0.3) is 0 Å². The van der Waals surface area contributed by atoms with Gasteiger partial charge < -0.3 is 10.1 Å². The number of carbonyl (C=O) groups excluding carboxylic acids is 2. The molecule has 1 N–H and O–H groups in total.